The van der Waals surface area contributed by atoms with Crippen LogP contribution in [0.4, 0.5) is 0 Å². The average molecular weight is 296 g/mol. The van der Waals surface area contributed by atoms with E-state index in [0.29, 0.717) is 5.92 Å². The second-order valence-electron chi connectivity index (χ2n) is 6.82. The number of nitrogens with one attached hydrogen (secondary N) is 1. The highest BCUT2D eigenvalue weighted by molar-refractivity contribution is 5.85. The predicted octanol–water partition coefficient (Wildman–Crippen LogP) is 2.61. The van der Waals surface area contributed by atoms with Gasteiger partial charge in [-0.05, 0) is 50.5 Å². The number of primary amides is 1. The van der Waals surface area contributed by atoms with Gasteiger partial charge in [0.15, 0.2) is 0 Å². The van der Waals surface area contributed by atoms with Gasteiger partial charge in [0, 0.05) is 13.2 Å². The van der Waals surface area contributed by atoms with Gasteiger partial charge in [-0.3, -0.25) is 4.79 Å². The maximum Gasteiger partial charge on any atom is 0.238 e. The van der Waals surface area contributed by atoms with Crippen LogP contribution in [0, 0.1) is 11.8 Å². The quantitative estimate of drug-likeness (QED) is 0.677. The van der Waals surface area contributed by atoms with Gasteiger partial charge in [0.05, 0.1) is 0 Å². The Labute approximate surface area is 129 Å². The van der Waals surface area contributed by atoms with Crippen molar-refractivity contribution >= 4 is 5.91 Å². The van der Waals surface area contributed by atoms with Crippen molar-refractivity contribution in [3.05, 3.63) is 0 Å². The first-order valence-corrected chi connectivity index (χ1v) is 8.81. The number of carbonyl (C=O) groups is 1. The molecule has 4 heteroatoms. The van der Waals surface area contributed by atoms with Crippen molar-refractivity contribution in [2.75, 3.05) is 19.8 Å². The molecule has 0 aliphatic heterocycles. The number of likely N-dealkylation sites (N-methyl/N-ethyl adjacent to an activating group) is 1. The normalized spacial score (nSPS) is 30.6. The monoisotopic (exact) mass is 296 g/mol. The lowest BCUT2D eigenvalue weighted by molar-refractivity contribution is -0.126. The maximum atomic E-state index is 11.9. The molecule has 2 fully saturated rings. The highest BCUT2D eigenvalue weighted by Crippen LogP contribution is 2.38. The third-order valence-electron chi connectivity index (χ3n) is 5.44. The van der Waals surface area contributed by atoms with Gasteiger partial charge < -0.3 is 15.8 Å². The number of ether oxygens (including phenoxy) is 1. The minimum Gasteiger partial charge on any atom is -0.381 e. The van der Waals surface area contributed by atoms with E-state index in [4.69, 9.17) is 10.5 Å². The van der Waals surface area contributed by atoms with Crippen LogP contribution in [0.2, 0.25) is 0 Å². The van der Waals surface area contributed by atoms with Crippen LogP contribution >= 0.6 is 0 Å². The number of hydrogen-bond donors (Lipinski definition) is 2. The molecular weight excluding hydrogens is 264 g/mol. The molecule has 2 saturated carbocycles. The van der Waals surface area contributed by atoms with Gasteiger partial charge in [-0.15, -0.1) is 0 Å². The van der Waals surface area contributed by atoms with E-state index in [1.54, 1.807) is 0 Å². The molecule has 0 saturated heterocycles. The summed E-state index contributed by atoms with van der Waals surface area (Å²) in [7, 11) is 0. The predicted molar refractivity (Wildman–Crippen MR) is 85.0 cm³/mol. The van der Waals surface area contributed by atoms with Crippen molar-refractivity contribution in [2.24, 2.45) is 17.6 Å². The summed E-state index contributed by atoms with van der Waals surface area (Å²) in [6, 6.07) is 0. The molecule has 0 aromatic rings. The Balaban J connectivity index is 1.74. The largest absolute Gasteiger partial charge is 0.381 e. The smallest absolute Gasteiger partial charge is 0.238 e. The van der Waals surface area contributed by atoms with E-state index in [2.05, 4.69) is 5.32 Å². The first-order valence-electron chi connectivity index (χ1n) is 8.81. The zero-order valence-electron chi connectivity index (χ0n) is 13.5. The van der Waals surface area contributed by atoms with Gasteiger partial charge in [-0.25, -0.2) is 0 Å². The van der Waals surface area contributed by atoms with E-state index in [1.165, 1.54) is 32.1 Å². The second kappa shape index (κ2) is 8.14. The SMILES string of the molecule is CCNC1(C(N)=O)CCCC1CCOCC1CCCCC1. The van der Waals surface area contributed by atoms with Crippen LogP contribution in [0.25, 0.3) is 0 Å². The minimum absolute atomic E-state index is 0.181. The molecule has 2 atom stereocenters. The fraction of sp³-hybridized carbons (Fsp3) is 0.941. The number of carbonyl (C=O) groups excluding carboxylic acids is 1. The van der Waals surface area contributed by atoms with E-state index in [-0.39, 0.29) is 5.91 Å². The maximum absolute atomic E-state index is 11.9. The van der Waals surface area contributed by atoms with Crippen molar-refractivity contribution in [1.29, 1.82) is 0 Å². The van der Waals surface area contributed by atoms with E-state index in [1.807, 2.05) is 6.92 Å². The van der Waals surface area contributed by atoms with Crippen molar-refractivity contribution in [2.45, 2.75) is 70.3 Å². The molecule has 1 amide bonds. The van der Waals surface area contributed by atoms with Crippen LogP contribution in [0.1, 0.15) is 64.7 Å². The van der Waals surface area contributed by atoms with Crippen LogP contribution in [0.5, 0.6) is 0 Å². The zero-order chi connectivity index (χ0) is 15.1. The third kappa shape index (κ3) is 4.19. The third-order valence-corrected chi connectivity index (χ3v) is 5.44. The topological polar surface area (TPSA) is 64.3 Å². The number of nitrogens with two attached hydrogens (primary N) is 1. The summed E-state index contributed by atoms with van der Waals surface area (Å²) in [6.45, 7) is 4.50. The lowest BCUT2D eigenvalue weighted by Crippen LogP contribution is -2.58. The molecular formula is C17H32N2O2. The Morgan fingerprint density at radius 2 is 2.00 bits per heavy atom. The summed E-state index contributed by atoms with van der Waals surface area (Å²) < 4.78 is 5.91. The fourth-order valence-electron chi connectivity index (χ4n) is 4.26. The summed E-state index contributed by atoms with van der Waals surface area (Å²) in [5.74, 6) is 0.914. The summed E-state index contributed by atoms with van der Waals surface area (Å²) in [5, 5.41) is 3.37. The van der Waals surface area contributed by atoms with Gasteiger partial charge in [-0.1, -0.05) is 32.6 Å². The molecule has 2 unspecified atom stereocenters. The van der Waals surface area contributed by atoms with E-state index in [0.717, 1.165) is 51.4 Å². The number of hydrogen-bond acceptors (Lipinski definition) is 3. The van der Waals surface area contributed by atoms with Gasteiger partial charge in [0.1, 0.15) is 5.54 Å². The molecule has 4 nitrogen and oxygen atoms in total. The lowest BCUT2D eigenvalue weighted by Gasteiger charge is -2.33. The average Bonchev–Trinajstić information content (AvgIpc) is 2.89. The summed E-state index contributed by atoms with van der Waals surface area (Å²) >= 11 is 0. The molecule has 3 N–H and O–H groups in total. The highest BCUT2D eigenvalue weighted by Gasteiger charge is 2.46. The molecule has 0 aromatic carbocycles. The molecule has 2 rings (SSSR count). The molecule has 21 heavy (non-hydrogen) atoms. The van der Waals surface area contributed by atoms with Gasteiger partial charge >= 0.3 is 0 Å². The standard InChI is InChI=1S/C17H32N2O2/c1-2-19-17(16(18)20)11-6-9-15(17)10-12-21-13-14-7-4-3-5-8-14/h14-15,19H,2-13H2,1H3,(H2,18,20). The zero-order valence-corrected chi connectivity index (χ0v) is 13.5. The molecule has 2 aliphatic carbocycles. The highest BCUT2D eigenvalue weighted by atomic mass is 16.5. The first-order chi connectivity index (χ1) is 10.2. The van der Waals surface area contributed by atoms with Crippen LogP contribution in [-0.4, -0.2) is 31.2 Å². The summed E-state index contributed by atoms with van der Waals surface area (Å²) in [6.07, 6.45) is 10.8. The Bertz CT molecular complexity index is 329. The summed E-state index contributed by atoms with van der Waals surface area (Å²) in [4.78, 5) is 11.9. The Morgan fingerprint density at radius 1 is 1.24 bits per heavy atom. The number of amides is 1. The molecule has 0 heterocycles. The first kappa shape index (κ1) is 16.8. The summed E-state index contributed by atoms with van der Waals surface area (Å²) in [5.41, 5.74) is 5.20. The van der Waals surface area contributed by atoms with Gasteiger partial charge in [0.2, 0.25) is 5.91 Å². The molecule has 0 spiro atoms. The number of rotatable bonds is 8. The van der Waals surface area contributed by atoms with Crippen molar-refractivity contribution < 1.29 is 9.53 Å². The molecule has 0 aromatic heterocycles. The minimum atomic E-state index is -0.483. The van der Waals surface area contributed by atoms with Crippen molar-refractivity contribution in [3.63, 3.8) is 0 Å². The van der Waals surface area contributed by atoms with E-state index >= 15 is 0 Å². The van der Waals surface area contributed by atoms with Crippen LogP contribution in [0.15, 0.2) is 0 Å². The van der Waals surface area contributed by atoms with Gasteiger partial charge in [0.25, 0.3) is 0 Å². The van der Waals surface area contributed by atoms with E-state index in [9.17, 15) is 4.79 Å². The van der Waals surface area contributed by atoms with Gasteiger partial charge in [-0.2, -0.15) is 0 Å². The Kier molecular flexibility index (Phi) is 6.49. The van der Waals surface area contributed by atoms with E-state index < -0.39 is 5.54 Å². The van der Waals surface area contributed by atoms with Crippen molar-refractivity contribution in [1.82, 2.24) is 5.32 Å². The molecule has 0 radical (unpaired) electrons. The Morgan fingerprint density at radius 3 is 2.67 bits per heavy atom. The lowest BCUT2D eigenvalue weighted by atomic mass is 9.84. The van der Waals surface area contributed by atoms with Crippen LogP contribution < -0.4 is 11.1 Å². The molecule has 0 bridgehead atoms. The Hall–Kier alpha value is -0.610. The van der Waals surface area contributed by atoms with Crippen molar-refractivity contribution in [3.8, 4) is 0 Å². The van der Waals surface area contributed by atoms with Crippen LogP contribution in [0.3, 0.4) is 0 Å². The second-order valence-corrected chi connectivity index (χ2v) is 6.82. The fourth-order valence-corrected chi connectivity index (χ4v) is 4.26. The molecule has 2 aliphatic rings. The molecule has 122 valence electrons. The van der Waals surface area contributed by atoms with Crippen LogP contribution in [-0.2, 0) is 9.53 Å².